The molecule has 0 aromatic heterocycles. The SMILES string of the molecule is CC(=O)O[C@H]1COC2C3C(OC[C@@]21C)[C@@]1(C)CC[C@H](O)CC1=C[C@@H]3O. The van der Waals surface area contributed by atoms with Crippen molar-refractivity contribution in [3.63, 3.8) is 0 Å². The first-order valence-electron chi connectivity index (χ1n) is 9.23. The minimum absolute atomic E-state index is 0.149. The number of rotatable bonds is 1. The van der Waals surface area contributed by atoms with E-state index in [2.05, 4.69) is 6.92 Å². The number of fused-ring (bicyclic) bond motifs is 5. The van der Waals surface area contributed by atoms with Gasteiger partial charge in [0.25, 0.3) is 0 Å². The number of carbonyl (C=O) groups excluding carboxylic acids is 1. The standard InChI is InChI=1S/C19H28O6/c1-10(20)25-14-8-23-17-15-13(22)7-11-6-12(21)4-5-18(11,2)16(15)24-9-19(14,17)3/h7,12-17,21-22H,4-6,8-9H2,1-3H3/t12-,13-,14-,15?,16?,17?,18-,19+/m0/s1. The fraction of sp³-hybridized carbons (Fsp3) is 0.842. The molecule has 1 saturated carbocycles. The Morgan fingerprint density at radius 2 is 2.04 bits per heavy atom. The quantitative estimate of drug-likeness (QED) is 0.545. The van der Waals surface area contributed by atoms with Crippen LogP contribution in [0.4, 0.5) is 0 Å². The van der Waals surface area contributed by atoms with E-state index in [9.17, 15) is 15.0 Å². The molecule has 2 heterocycles. The molecule has 0 bridgehead atoms. The van der Waals surface area contributed by atoms with Gasteiger partial charge in [-0.25, -0.2) is 0 Å². The maximum atomic E-state index is 11.4. The molecule has 0 radical (unpaired) electrons. The first-order valence-corrected chi connectivity index (χ1v) is 9.23. The molecule has 140 valence electrons. The lowest BCUT2D eigenvalue weighted by molar-refractivity contribution is -0.218. The zero-order valence-electron chi connectivity index (χ0n) is 15.1. The maximum absolute atomic E-state index is 11.4. The van der Waals surface area contributed by atoms with E-state index < -0.39 is 11.5 Å². The van der Waals surface area contributed by atoms with Gasteiger partial charge in [-0.05, 0) is 19.3 Å². The topological polar surface area (TPSA) is 85.2 Å². The highest BCUT2D eigenvalue weighted by atomic mass is 16.6. The highest BCUT2D eigenvalue weighted by Gasteiger charge is 2.63. The Morgan fingerprint density at radius 1 is 1.28 bits per heavy atom. The summed E-state index contributed by atoms with van der Waals surface area (Å²) in [5.74, 6) is -0.513. The van der Waals surface area contributed by atoms with E-state index in [4.69, 9.17) is 14.2 Å². The minimum atomic E-state index is -0.681. The van der Waals surface area contributed by atoms with Crippen molar-refractivity contribution in [2.75, 3.05) is 13.2 Å². The number of aliphatic hydroxyl groups is 2. The first kappa shape index (κ1) is 17.5. The Hall–Kier alpha value is -0.950. The van der Waals surface area contributed by atoms with Crippen LogP contribution < -0.4 is 0 Å². The average Bonchev–Trinajstić information content (AvgIpc) is 2.85. The molecule has 6 nitrogen and oxygen atoms in total. The van der Waals surface area contributed by atoms with E-state index in [0.29, 0.717) is 19.6 Å². The predicted octanol–water partition coefficient (Wildman–Crippen LogP) is 1.19. The minimum Gasteiger partial charge on any atom is -0.459 e. The van der Waals surface area contributed by atoms with Crippen LogP contribution in [0.15, 0.2) is 11.6 Å². The molecule has 4 aliphatic rings. The maximum Gasteiger partial charge on any atom is 0.303 e. The van der Waals surface area contributed by atoms with E-state index in [-0.39, 0.29) is 41.7 Å². The van der Waals surface area contributed by atoms with Crippen molar-refractivity contribution in [2.45, 2.75) is 70.6 Å². The molecule has 2 aliphatic heterocycles. The summed E-state index contributed by atoms with van der Waals surface area (Å²) in [6.45, 7) is 6.38. The fourth-order valence-electron chi connectivity index (χ4n) is 5.47. The second-order valence-corrected chi connectivity index (χ2v) is 8.66. The first-order chi connectivity index (χ1) is 11.8. The molecule has 3 fully saturated rings. The smallest absolute Gasteiger partial charge is 0.303 e. The molecule has 3 unspecified atom stereocenters. The molecule has 8 atom stereocenters. The number of aliphatic hydroxyl groups excluding tert-OH is 2. The lowest BCUT2D eigenvalue weighted by Crippen LogP contribution is -2.63. The van der Waals surface area contributed by atoms with Crippen molar-refractivity contribution >= 4 is 5.97 Å². The summed E-state index contributed by atoms with van der Waals surface area (Å²) in [6, 6.07) is 0. The van der Waals surface area contributed by atoms with Crippen LogP contribution in [0.25, 0.3) is 0 Å². The van der Waals surface area contributed by atoms with Crippen molar-refractivity contribution in [1.29, 1.82) is 0 Å². The molecule has 25 heavy (non-hydrogen) atoms. The van der Waals surface area contributed by atoms with E-state index >= 15 is 0 Å². The summed E-state index contributed by atoms with van der Waals surface area (Å²) >= 11 is 0. The van der Waals surface area contributed by atoms with Gasteiger partial charge in [0.2, 0.25) is 0 Å². The summed E-state index contributed by atoms with van der Waals surface area (Å²) in [6.07, 6.45) is 2.35. The lowest BCUT2D eigenvalue weighted by Gasteiger charge is -2.57. The third-order valence-electron chi connectivity index (χ3n) is 6.97. The van der Waals surface area contributed by atoms with Gasteiger partial charge in [-0.1, -0.05) is 25.5 Å². The number of esters is 1. The highest BCUT2D eigenvalue weighted by Crippen LogP contribution is 2.57. The van der Waals surface area contributed by atoms with Gasteiger partial charge in [0.15, 0.2) is 0 Å². The molecule has 2 N–H and O–H groups in total. The molecule has 0 spiro atoms. The van der Waals surface area contributed by atoms with Gasteiger partial charge in [0.05, 0.1) is 43.0 Å². The van der Waals surface area contributed by atoms with Crippen molar-refractivity contribution in [3.05, 3.63) is 11.6 Å². The Kier molecular flexibility index (Phi) is 4.03. The van der Waals surface area contributed by atoms with Crippen molar-refractivity contribution in [1.82, 2.24) is 0 Å². The lowest BCUT2D eigenvalue weighted by atomic mass is 9.56. The number of carbonyl (C=O) groups is 1. The molecule has 0 aromatic carbocycles. The molecule has 6 heteroatoms. The van der Waals surface area contributed by atoms with E-state index in [1.54, 1.807) is 0 Å². The van der Waals surface area contributed by atoms with Crippen LogP contribution in [0.1, 0.15) is 40.0 Å². The summed E-state index contributed by atoms with van der Waals surface area (Å²) in [4.78, 5) is 11.4. The van der Waals surface area contributed by atoms with Gasteiger partial charge in [-0.3, -0.25) is 4.79 Å². The summed E-state index contributed by atoms with van der Waals surface area (Å²) in [7, 11) is 0. The van der Waals surface area contributed by atoms with Crippen LogP contribution >= 0.6 is 0 Å². The number of hydrogen-bond donors (Lipinski definition) is 2. The predicted molar refractivity (Wildman–Crippen MR) is 88.7 cm³/mol. The summed E-state index contributed by atoms with van der Waals surface area (Å²) in [5, 5.41) is 20.9. The summed E-state index contributed by atoms with van der Waals surface area (Å²) in [5.41, 5.74) is 0.454. The van der Waals surface area contributed by atoms with Crippen LogP contribution in [0.3, 0.4) is 0 Å². The Balaban J connectivity index is 1.67. The van der Waals surface area contributed by atoms with Gasteiger partial charge in [0, 0.05) is 18.3 Å². The largest absolute Gasteiger partial charge is 0.459 e. The molecular formula is C19H28O6. The van der Waals surface area contributed by atoms with E-state index in [1.165, 1.54) is 6.92 Å². The van der Waals surface area contributed by atoms with Crippen LogP contribution in [0, 0.1) is 16.7 Å². The zero-order valence-corrected chi connectivity index (χ0v) is 15.1. The van der Waals surface area contributed by atoms with E-state index in [0.717, 1.165) is 18.4 Å². The van der Waals surface area contributed by atoms with E-state index in [1.807, 2.05) is 13.0 Å². The molecule has 0 amide bonds. The molecule has 0 aromatic rings. The van der Waals surface area contributed by atoms with Gasteiger partial charge < -0.3 is 24.4 Å². The third-order valence-corrected chi connectivity index (χ3v) is 6.97. The van der Waals surface area contributed by atoms with Crippen molar-refractivity contribution < 1.29 is 29.2 Å². The number of ether oxygens (including phenoxy) is 3. The third kappa shape index (κ3) is 2.49. The van der Waals surface area contributed by atoms with Crippen molar-refractivity contribution in [3.8, 4) is 0 Å². The second kappa shape index (κ2) is 5.78. The van der Waals surface area contributed by atoms with Crippen molar-refractivity contribution in [2.24, 2.45) is 16.7 Å². The normalized spacial score (nSPS) is 51.8. The molecular weight excluding hydrogens is 324 g/mol. The molecule has 2 saturated heterocycles. The van der Waals surface area contributed by atoms with Crippen LogP contribution in [0.5, 0.6) is 0 Å². The van der Waals surface area contributed by atoms with Gasteiger partial charge in [0.1, 0.15) is 6.10 Å². The Labute approximate surface area is 148 Å². The monoisotopic (exact) mass is 352 g/mol. The van der Waals surface area contributed by atoms with Crippen LogP contribution in [0.2, 0.25) is 0 Å². The van der Waals surface area contributed by atoms with Crippen LogP contribution in [-0.2, 0) is 19.0 Å². The highest BCUT2D eigenvalue weighted by molar-refractivity contribution is 5.66. The second-order valence-electron chi connectivity index (χ2n) is 8.66. The molecule has 4 rings (SSSR count). The number of hydrogen-bond acceptors (Lipinski definition) is 6. The Morgan fingerprint density at radius 3 is 2.76 bits per heavy atom. The average molecular weight is 352 g/mol. The van der Waals surface area contributed by atoms with Crippen LogP contribution in [-0.4, -0.2) is 59.9 Å². The summed E-state index contributed by atoms with van der Waals surface area (Å²) < 4.78 is 17.9. The fourth-order valence-corrected chi connectivity index (χ4v) is 5.47. The zero-order chi connectivity index (χ0) is 18.0. The van der Waals surface area contributed by atoms with Gasteiger partial charge in [-0.15, -0.1) is 0 Å². The molecule has 2 aliphatic carbocycles. The van der Waals surface area contributed by atoms with Gasteiger partial charge in [-0.2, -0.15) is 0 Å². The van der Waals surface area contributed by atoms with Gasteiger partial charge >= 0.3 is 5.97 Å². The Bertz CT molecular complexity index is 603.